The fraction of sp³-hybridized carbons (Fsp3) is 0.511. The minimum absolute atomic E-state index is 0.0197. The Hall–Kier alpha value is -5.10. The molecule has 0 radical (unpaired) electrons. The maximum Gasteiger partial charge on any atom is 0.410 e. The van der Waals surface area contributed by atoms with Crippen molar-refractivity contribution in [1.29, 1.82) is 0 Å². The van der Waals surface area contributed by atoms with E-state index < -0.39 is 42.2 Å². The summed E-state index contributed by atoms with van der Waals surface area (Å²) in [6, 6.07) is 19.1. The lowest BCUT2D eigenvalue weighted by Crippen LogP contribution is -2.60. The Balaban J connectivity index is 1.44. The molecule has 12 heteroatoms. The van der Waals surface area contributed by atoms with E-state index in [-0.39, 0.29) is 49.2 Å². The van der Waals surface area contributed by atoms with Crippen molar-refractivity contribution in [2.75, 3.05) is 42.0 Å². The van der Waals surface area contributed by atoms with Gasteiger partial charge in [-0.15, -0.1) is 0 Å². The first kappa shape index (κ1) is 44.6. The third kappa shape index (κ3) is 10.5. The molecular weight excluding hydrogens is 727 g/mol. The fourth-order valence-corrected chi connectivity index (χ4v) is 7.79. The molecule has 1 aliphatic carbocycles. The number of likely N-dealkylation sites (N-methyl/N-ethyl adjacent to an activating group) is 2. The summed E-state index contributed by atoms with van der Waals surface area (Å²) in [6.45, 7) is 11.5. The first-order valence-corrected chi connectivity index (χ1v) is 19.7. The number of rotatable bonds is 19. The van der Waals surface area contributed by atoms with Crippen LogP contribution in [-0.2, 0) is 35.2 Å². The lowest BCUT2D eigenvalue weighted by atomic mass is 9.90. The summed E-state index contributed by atoms with van der Waals surface area (Å²) < 4.78 is 28.1. The second kappa shape index (κ2) is 20.4. The Morgan fingerprint density at radius 3 is 1.91 bits per heavy atom. The number of ether oxygens (including phenoxy) is 5. The molecule has 0 saturated heterocycles. The summed E-state index contributed by atoms with van der Waals surface area (Å²) in [7, 11) is 7.81. The van der Waals surface area contributed by atoms with Crippen LogP contribution in [0, 0.1) is 17.8 Å². The third-order valence-corrected chi connectivity index (χ3v) is 11.1. The van der Waals surface area contributed by atoms with Gasteiger partial charge in [-0.3, -0.25) is 19.3 Å². The van der Waals surface area contributed by atoms with Gasteiger partial charge in [0.15, 0.2) is 0 Å². The molecular formula is C45H61N3O9. The molecule has 4 rings (SSSR count). The van der Waals surface area contributed by atoms with E-state index in [1.165, 1.54) is 19.1 Å². The van der Waals surface area contributed by atoms with E-state index in [1.54, 1.807) is 44.3 Å². The molecule has 12 nitrogen and oxygen atoms in total. The molecule has 3 aromatic rings. The predicted molar refractivity (Wildman–Crippen MR) is 219 cm³/mol. The van der Waals surface area contributed by atoms with Crippen LogP contribution in [0.5, 0.6) is 11.5 Å². The Bertz CT molecular complexity index is 1800. The van der Waals surface area contributed by atoms with Crippen LogP contribution in [0.25, 0.3) is 11.1 Å². The van der Waals surface area contributed by atoms with Crippen LogP contribution in [0.4, 0.5) is 4.79 Å². The van der Waals surface area contributed by atoms with Crippen LogP contribution in [0.15, 0.2) is 66.7 Å². The van der Waals surface area contributed by atoms with Crippen molar-refractivity contribution < 1.29 is 42.9 Å². The van der Waals surface area contributed by atoms with E-state index >= 15 is 0 Å². The van der Waals surface area contributed by atoms with E-state index in [0.717, 1.165) is 22.3 Å². The van der Waals surface area contributed by atoms with Gasteiger partial charge in [0.25, 0.3) is 0 Å². The van der Waals surface area contributed by atoms with Gasteiger partial charge in [-0.1, -0.05) is 96.5 Å². The maximum atomic E-state index is 14.4. The molecule has 57 heavy (non-hydrogen) atoms. The standard InChI is InChI=1S/C45H61N3O9/c1-12-29(6)42(38(55-11)24-39(49)56-25-30-21-22-31(53-9)23-37(30)54-10)47(7)44(51)40(27(2)3)46-43(50)41(28(4)5)48(8)45(52)57-26-36-34-19-15-13-17-32(34)33-18-14-16-20-35(33)36/h13-23,27-29,36,38,40-42H,12,24-26H2,1-11H3,(H,46,50)/t29-,38+,40-,41?,42-/m0/s1. The lowest BCUT2D eigenvalue weighted by Gasteiger charge is -2.40. The Labute approximate surface area is 338 Å². The van der Waals surface area contributed by atoms with Crippen molar-refractivity contribution in [3.63, 3.8) is 0 Å². The number of carbonyl (C=O) groups excluding carboxylic acids is 4. The zero-order valence-electron chi connectivity index (χ0n) is 35.4. The van der Waals surface area contributed by atoms with Crippen molar-refractivity contribution in [1.82, 2.24) is 15.1 Å². The molecule has 0 fully saturated rings. The number of fused-ring (bicyclic) bond motifs is 3. The maximum absolute atomic E-state index is 14.4. The summed E-state index contributed by atoms with van der Waals surface area (Å²) in [5.74, 6) is -0.986. The van der Waals surface area contributed by atoms with Gasteiger partial charge in [0.2, 0.25) is 11.8 Å². The summed E-state index contributed by atoms with van der Waals surface area (Å²) in [5, 5.41) is 2.97. The van der Waals surface area contributed by atoms with Crippen molar-refractivity contribution in [3.8, 4) is 22.6 Å². The number of nitrogens with one attached hydrogen (secondary N) is 1. The van der Waals surface area contributed by atoms with Gasteiger partial charge in [-0.25, -0.2) is 4.79 Å². The summed E-state index contributed by atoms with van der Waals surface area (Å²) in [6.07, 6.45) is -0.752. The predicted octanol–water partition coefficient (Wildman–Crippen LogP) is 7.07. The topological polar surface area (TPSA) is 133 Å². The molecule has 0 aromatic heterocycles. The van der Waals surface area contributed by atoms with Crippen molar-refractivity contribution in [3.05, 3.63) is 83.4 Å². The highest BCUT2D eigenvalue weighted by Crippen LogP contribution is 2.44. The molecule has 3 aromatic carbocycles. The van der Waals surface area contributed by atoms with Gasteiger partial charge >= 0.3 is 12.1 Å². The lowest BCUT2D eigenvalue weighted by molar-refractivity contribution is -0.152. The van der Waals surface area contributed by atoms with E-state index in [9.17, 15) is 19.2 Å². The number of hydrogen-bond acceptors (Lipinski definition) is 9. The molecule has 0 spiro atoms. The first-order valence-electron chi connectivity index (χ1n) is 19.7. The van der Waals surface area contributed by atoms with Gasteiger partial charge in [-0.05, 0) is 52.1 Å². The van der Waals surface area contributed by atoms with E-state index in [0.29, 0.717) is 23.5 Å². The molecule has 310 valence electrons. The fourth-order valence-electron chi connectivity index (χ4n) is 7.79. The number of hydrogen-bond donors (Lipinski definition) is 1. The molecule has 0 saturated carbocycles. The highest BCUT2D eigenvalue weighted by atomic mass is 16.6. The number of methoxy groups -OCH3 is 3. The molecule has 0 heterocycles. The van der Waals surface area contributed by atoms with Crippen LogP contribution in [-0.4, -0.2) is 99.9 Å². The zero-order valence-corrected chi connectivity index (χ0v) is 35.4. The second-order valence-corrected chi connectivity index (χ2v) is 15.5. The smallest absolute Gasteiger partial charge is 0.410 e. The molecule has 5 atom stereocenters. The molecule has 0 aliphatic heterocycles. The quantitative estimate of drug-likeness (QED) is 0.127. The number of nitrogens with zero attached hydrogens (tertiary/aromatic N) is 2. The summed E-state index contributed by atoms with van der Waals surface area (Å²) >= 11 is 0. The van der Waals surface area contributed by atoms with E-state index in [2.05, 4.69) is 29.6 Å². The van der Waals surface area contributed by atoms with Gasteiger partial charge in [-0.2, -0.15) is 0 Å². The SMILES string of the molecule is CC[C@H](C)[C@@H]([C@@H](CC(=O)OCc1ccc(OC)cc1OC)OC)N(C)C(=O)[C@@H](NC(=O)C(C(C)C)N(C)C(=O)OCC1c2ccccc2-c2ccccc21)C(C)C. The van der Waals surface area contributed by atoms with E-state index in [4.69, 9.17) is 23.7 Å². The minimum Gasteiger partial charge on any atom is -0.497 e. The van der Waals surface area contributed by atoms with Crippen LogP contribution < -0.4 is 14.8 Å². The van der Waals surface area contributed by atoms with Crippen LogP contribution in [0.2, 0.25) is 0 Å². The highest BCUT2D eigenvalue weighted by molar-refractivity contribution is 5.92. The summed E-state index contributed by atoms with van der Waals surface area (Å²) in [5.41, 5.74) is 5.09. The monoisotopic (exact) mass is 787 g/mol. The number of amides is 3. The normalized spacial score (nSPS) is 14.8. The van der Waals surface area contributed by atoms with Crippen LogP contribution in [0.1, 0.15) is 77.0 Å². The largest absolute Gasteiger partial charge is 0.497 e. The third-order valence-electron chi connectivity index (χ3n) is 11.1. The van der Waals surface area contributed by atoms with Crippen LogP contribution >= 0.6 is 0 Å². The van der Waals surface area contributed by atoms with Gasteiger partial charge in [0, 0.05) is 38.8 Å². The van der Waals surface area contributed by atoms with Gasteiger partial charge in [0.1, 0.15) is 36.8 Å². The van der Waals surface area contributed by atoms with Crippen molar-refractivity contribution >= 4 is 23.9 Å². The zero-order chi connectivity index (χ0) is 42.0. The minimum atomic E-state index is -0.932. The molecule has 0 bridgehead atoms. The Morgan fingerprint density at radius 2 is 1.39 bits per heavy atom. The molecule has 3 amide bonds. The molecule has 1 aliphatic rings. The number of benzene rings is 3. The molecule has 1 unspecified atom stereocenters. The number of carbonyl (C=O) groups is 4. The van der Waals surface area contributed by atoms with Gasteiger partial charge < -0.3 is 33.9 Å². The average Bonchev–Trinajstić information content (AvgIpc) is 3.53. The van der Waals surface area contributed by atoms with Crippen molar-refractivity contribution in [2.24, 2.45) is 17.8 Å². The Morgan fingerprint density at radius 1 is 0.772 bits per heavy atom. The van der Waals surface area contributed by atoms with Gasteiger partial charge in [0.05, 0.1) is 32.8 Å². The summed E-state index contributed by atoms with van der Waals surface area (Å²) in [4.78, 5) is 58.2. The van der Waals surface area contributed by atoms with Crippen LogP contribution in [0.3, 0.4) is 0 Å². The van der Waals surface area contributed by atoms with Crippen molar-refractivity contribution in [2.45, 2.75) is 91.1 Å². The number of esters is 1. The average molecular weight is 788 g/mol. The first-order chi connectivity index (χ1) is 27.2. The van der Waals surface area contributed by atoms with E-state index in [1.807, 2.05) is 65.8 Å². The highest BCUT2D eigenvalue weighted by Gasteiger charge is 2.40. The Kier molecular flexibility index (Phi) is 15.9. The molecule has 1 N–H and O–H groups in total. The second-order valence-electron chi connectivity index (χ2n) is 15.5.